The molecule has 3 nitrogen and oxygen atoms in total. The fourth-order valence-electron chi connectivity index (χ4n) is 2.09. The highest BCUT2D eigenvalue weighted by Gasteiger charge is 1.98. The van der Waals surface area contributed by atoms with E-state index in [9.17, 15) is 0 Å². The summed E-state index contributed by atoms with van der Waals surface area (Å²) in [5.41, 5.74) is 4.83. The number of benzene rings is 1. The van der Waals surface area contributed by atoms with Crippen LogP contribution in [0.1, 0.15) is 51.7 Å². The molecule has 0 atom stereocenters. The fourth-order valence-corrected chi connectivity index (χ4v) is 2.09. The van der Waals surface area contributed by atoms with Gasteiger partial charge in [0.1, 0.15) is 6.61 Å². The van der Waals surface area contributed by atoms with Gasteiger partial charge in [-0.1, -0.05) is 43.7 Å². The first-order valence-electron chi connectivity index (χ1n) is 8.86. The highest BCUT2D eigenvalue weighted by molar-refractivity contribution is 5.68. The number of hydrogen-bond acceptors (Lipinski definition) is 3. The van der Waals surface area contributed by atoms with Crippen LogP contribution in [0.25, 0.3) is 11.1 Å². The van der Waals surface area contributed by atoms with Crippen LogP contribution in [-0.4, -0.2) is 33.0 Å². The van der Waals surface area contributed by atoms with E-state index >= 15 is 0 Å². The summed E-state index contributed by atoms with van der Waals surface area (Å²) in [7, 11) is 0. The normalized spacial score (nSPS) is 12.5. The monoisotopic (exact) mass is 332 g/mol. The molecule has 1 aromatic rings. The molecule has 0 spiro atoms. The van der Waals surface area contributed by atoms with E-state index in [0.29, 0.717) is 26.4 Å². The molecule has 0 saturated heterocycles. The predicted molar refractivity (Wildman–Crippen MR) is 102 cm³/mol. The van der Waals surface area contributed by atoms with Crippen molar-refractivity contribution in [1.29, 1.82) is 0 Å². The van der Waals surface area contributed by atoms with Gasteiger partial charge in [0, 0.05) is 6.61 Å². The van der Waals surface area contributed by atoms with Gasteiger partial charge in [-0.3, -0.25) is 0 Å². The van der Waals surface area contributed by atoms with E-state index in [-0.39, 0.29) is 0 Å². The fraction of sp³-hybridized carbons (Fsp3) is 0.524. The zero-order valence-electron chi connectivity index (χ0n) is 15.6. The number of allylic oxidation sites excluding steroid dienone is 3. The van der Waals surface area contributed by atoms with E-state index in [1.165, 1.54) is 16.7 Å². The van der Waals surface area contributed by atoms with E-state index < -0.39 is 0 Å². The van der Waals surface area contributed by atoms with Crippen LogP contribution < -0.4 is 0 Å². The second-order valence-electron chi connectivity index (χ2n) is 5.80. The van der Waals surface area contributed by atoms with Gasteiger partial charge < -0.3 is 14.2 Å². The zero-order valence-corrected chi connectivity index (χ0v) is 15.6. The largest absolute Gasteiger partial charge is 0.498 e. The minimum Gasteiger partial charge on any atom is -0.498 e. The van der Waals surface area contributed by atoms with Crippen LogP contribution >= 0.6 is 0 Å². The predicted octanol–water partition coefficient (Wildman–Crippen LogP) is 5.32. The molecule has 0 bridgehead atoms. The van der Waals surface area contributed by atoms with Crippen molar-refractivity contribution in [3.63, 3.8) is 0 Å². The molecule has 0 unspecified atom stereocenters. The second kappa shape index (κ2) is 12.8. The van der Waals surface area contributed by atoms with Crippen LogP contribution in [0, 0.1) is 0 Å². The molecule has 0 aliphatic rings. The lowest BCUT2D eigenvalue weighted by atomic mass is 10.0. The number of ether oxygens (including phenoxy) is 3. The molecule has 0 aliphatic heterocycles. The highest BCUT2D eigenvalue weighted by Crippen LogP contribution is 2.18. The summed E-state index contributed by atoms with van der Waals surface area (Å²) in [6.07, 6.45) is 6.20. The maximum absolute atomic E-state index is 5.55. The van der Waals surface area contributed by atoms with E-state index in [4.69, 9.17) is 14.2 Å². The number of rotatable bonds is 12. The van der Waals surface area contributed by atoms with Gasteiger partial charge in [0.15, 0.2) is 0 Å². The molecule has 0 aromatic heterocycles. The quantitative estimate of drug-likeness (QED) is 0.383. The summed E-state index contributed by atoms with van der Waals surface area (Å²) in [4.78, 5) is 0. The van der Waals surface area contributed by atoms with Crippen molar-refractivity contribution in [2.45, 2.75) is 40.5 Å². The molecular weight excluding hydrogens is 300 g/mol. The molecule has 0 radical (unpaired) electrons. The molecule has 24 heavy (non-hydrogen) atoms. The third-order valence-electron chi connectivity index (χ3n) is 3.85. The minimum atomic E-state index is 0.558. The van der Waals surface area contributed by atoms with Crippen molar-refractivity contribution in [3.05, 3.63) is 47.7 Å². The van der Waals surface area contributed by atoms with E-state index in [1.54, 1.807) is 6.26 Å². The Morgan fingerprint density at radius 3 is 1.96 bits per heavy atom. The Morgan fingerprint density at radius 1 is 0.833 bits per heavy atom. The Bertz CT molecular complexity index is 500. The molecule has 0 aliphatic carbocycles. The van der Waals surface area contributed by atoms with Crippen molar-refractivity contribution in [3.8, 4) is 0 Å². The maximum atomic E-state index is 5.55. The van der Waals surface area contributed by atoms with Gasteiger partial charge in [-0.05, 0) is 49.5 Å². The standard InChI is InChI=1S/C21H32O3/c1-5-7-12-22-13-14-23-15-16-24-17-19(4)21-10-8-20(9-11-21)18(3)6-2/h6,8-11,17H,5,7,12-16H2,1-4H3/b18-6+,19-17+. The van der Waals surface area contributed by atoms with Crippen LogP contribution in [0.15, 0.2) is 36.6 Å². The van der Waals surface area contributed by atoms with E-state index in [2.05, 4.69) is 58.0 Å². The summed E-state index contributed by atoms with van der Waals surface area (Å²) in [6, 6.07) is 8.54. The van der Waals surface area contributed by atoms with Crippen LogP contribution in [0.2, 0.25) is 0 Å². The van der Waals surface area contributed by atoms with Gasteiger partial charge in [-0.2, -0.15) is 0 Å². The lowest BCUT2D eigenvalue weighted by Crippen LogP contribution is -2.08. The Morgan fingerprint density at radius 2 is 1.38 bits per heavy atom. The molecule has 0 saturated carbocycles. The first kappa shape index (κ1) is 20.5. The van der Waals surface area contributed by atoms with Gasteiger partial charge in [0.05, 0.1) is 26.1 Å². The Balaban J connectivity index is 2.20. The third kappa shape index (κ3) is 8.32. The van der Waals surface area contributed by atoms with Crippen molar-refractivity contribution in [2.24, 2.45) is 0 Å². The summed E-state index contributed by atoms with van der Waals surface area (Å²) in [5, 5.41) is 0. The molecule has 0 fully saturated rings. The Labute approximate surface area is 147 Å². The summed E-state index contributed by atoms with van der Waals surface area (Å²) in [6.45, 7) is 11.6. The van der Waals surface area contributed by atoms with Gasteiger partial charge in [-0.25, -0.2) is 0 Å². The van der Waals surface area contributed by atoms with Gasteiger partial charge in [-0.15, -0.1) is 0 Å². The lowest BCUT2D eigenvalue weighted by molar-refractivity contribution is 0.0300. The van der Waals surface area contributed by atoms with Gasteiger partial charge in [0.2, 0.25) is 0 Å². The van der Waals surface area contributed by atoms with Crippen molar-refractivity contribution >= 4 is 11.1 Å². The average molecular weight is 332 g/mol. The molecule has 0 N–H and O–H groups in total. The lowest BCUT2D eigenvalue weighted by Gasteiger charge is -2.07. The molecule has 1 rings (SSSR count). The Kier molecular flexibility index (Phi) is 10.9. The molecule has 134 valence electrons. The summed E-state index contributed by atoms with van der Waals surface area (Å²) < 4.78 is 16.5. The number of hydrogen-bond donors (Lipinski definition) is 0. The van der Waals surface area contributed by atoms with Crippen LogP contribution in [0.5, 0.6) is 0 Å². The molecule has 1 aromatic carbocycles. The van der Waals surface area contributed by atoms with Crippen LogP contribution in [0.3, 0.4) is 0 Å². The smallest absolute Gasteiger partial charge is 0.111 e. The van der Waals surface area contributed by atoms with Crippen LogP contribution in [-0.2, 0) is 14.2 Å². The average Bonchev–Trinajstić information content (AvgIpc) is 2.62. The molecule has 3 heteroatoms. The number of unbranched alkanes of at least 4 members (excludes halogenated alkanes) is 1. The van der Waals surface area contributed by atoms with Gasteiger partial charge >= 0.3 is 0 Å². The molecule has 0 heterocycles. The SMILES string of the molecule is C/C=C(\C)c1ccc(/C(C)=C/OCCOCCOCCCC)cc1. The summed E-state index contributed by atoms with van der Waals surface area (Å²) in [5.74, 6) is 0. The molecule has 0 amide bonds. The van der Waals surface area contributed by atoms with E-state index in [1.807, 2.05) is 0 Å². The van der Waals surface area contributed by atoms with E-state index in [0.717, 1.165) is 25.0 Å². The van der Waals surface area contributed by atoms with Crippen LogP contribution in [0.4, 0.5) is 0 Å². The topological polar surface area (TPSA) is 27.7 Å². The highest BCUT2D eigenvalue weighted by atomic mass is 16.5. The second-order valence-corrected chi connectivity index (χ2v) is 5.80. The van der Waals surface area contributed by atoms with Crippen molar-refractivity contribution in [2.75, 3.05) is 33.0 Å². The first-order valence-corrected chi connectivity index (χ1v) is 8.86. The minimum absolute atomic E-state index is 0.558. The molecular formula is C21H32O3. The van der Waals surface area contributed by atoms with Crippen molar-refractivity contribution in [1.82, 2.24) is 0 Å². The zero-order chi connectivity index (χ0) is 17.6. The Hall–Kier alpha value is -1.58. The maximum Gasteiger partial charge on any atom is 0.111 e. The third-order valence-corrected chi connectivity index (χ3v) is 3.85. The van der Waals surface area contributed by atoms with Crippen molar-refractivity contribution < 1.29 is 14.2 Å². The summed E-state index contributed by atoms with van der Waals surface area (Å²) >= 11 is 0. The van der Waals surface area contributed by atoms with Gasteiger partial charge in [0.25, 0.3) is 0 Å². The first-order chi connectivity index (χ1) is 11.7.